The molecule has 0 heterocycles. The van der Waals surface area contributed by atoms with Gasteiger partial charge in [-0.2, -0.15) is 0 Å². The molecule has 0 aliphatic rings. The van der Waals surface area contributed by atoms with Crippen molar-refractivity contribution >= 4 is 12.0 Å². The molecular weight excluding hydrogens is 208 g/mol. The van der Waals surface area contributed by atoms with E-state index in [1.165, 1.54) is 0 Å². The summed E-state index contributed by atoms with van der Waals surface area (Å²) in [6.45, 7) is 8.11. The summed E-state index contributed by atoms with van der Waals surface area (Å²) in [4.78, 5) is 24.0. The van der Waals surface area contributed by atoms with Crippen LogP contribution in [0.15, 0.2) is 0 Å². The van der Waals surface area contributed by atoms with Crippen molar-refractivity contribution in [1.29, 1.82) is 0 Å². The maximum atomic E-state index is 11.2. The van der Waals surface area contributed by atoms with Gasteiger partial charge in [0.1, 0.15) is 5.60 Å². The van der Waals surface area contributed by atoms with E-state index >= 15 is 0 Å². The predicted octanol–water partition coefficient (Wildman–Crippen LogP) is 1.38. The molecule has 0 unspecified atom stereocenters. The van der Waals surface area contributed by atoms with Crippen molar-refractivity contribution in [2.24, 2.45) is 0 Å². The first-order valence-electron chi connectivity index (χ1n) is 5.47. The number of nitrogens with zero attached hydrogens (tertiary/aromatic N) is 1. The van der Waals surface area contributed by atoms with Crippen molar-refractivity contribution < 1.29 is 14.3 Å². The lowest BCUT2D eigenvalue weighted by molar-refractivity contribution is -0.129. The van der Waals surface area contributed by atoms with Crippen LogP contribution in [0.4, 0.5) is 4.79 Å². The number of nitrogens with one attached hydrogen (secondary N) is 1. The van der Waals surface area contributed by atoms with E-state index in [2.05, 4.69) is 5.32 Å². The molecular formula is C11H22N2O3. The first-order chi connectivity index (χ1) is 7.26. The van der Waals surface area contributed by atoms with Crippen molar-refractivity contribution in [2.45, 2.75) is 39.7 Å². The molecule has 5 heteroatoms. The molecule has 0 spiro atoms. The molecule has 0 fully saturated rings. The molecule has 0 saturated carbocycles. The second kappa shape index (κ2) is 6.35. The van der Waals surface area contributed by atoms with E-state index in [4.69, 9.17) is 4.74 Å². The fraction of sp³-hybridized carbons (Fsp3) is 0.818. The Morgan fingerprint density at radius 3 is 2.31 bits per heavy atom. The molecule has 0 bridgehead atoms. The van der Waals surface area contributed by atoms with E-state index in [1.807, 2.05) is 0 Å². The number of amides is 2. The summed E-state index contributed by atoms with van der Waals surface area (Å²) >= 11 is 0. The first-order valence-corrected chi connectivity index (χ1v) is 5.47. The highest BCUT2D eigenvalue weighted by molar-refractivity contribution is 5.75. The van der Waals surface area contributed by atoms with E-state index in [-0.39, 0.29) is 5.91 Å². The van der Waals surface area contributed by atoms with Gasteiger partial charge >= 0.3 is 6.09 Å². The number of hydrogen-bond acceptors (Lipinski definition) is 3. The Kier molecular flexibility index (Phi) is 5.85. The van der Waals surface area contributed by atoms with E-state index in [9.17, 15) is 9.59 Å². The SMILES string of the molecule is CCC(=O)N(C)CCNC(=O)OC(C)(C)C. The van der Waals surface area contributed by atoms with Crippen LogP contribution < -0.4 is 5.32 Å². The molecule has 0 rings (SSSR count). The fourth-order valence-electron chi connectivity index (χ4n) is 1.03. The van der Waals surface area contributed by atoms with Crippen molar-refractivity contribution in [3.63, 3.8) is 0 Å². The standard InChI is InChI=1S/C11H22N2O3/c1-6-9(14)13(5)8-7-12-10(15)16-11(2,3)4/h6-8H2,1-5H3,(H,12,15). The van der Waals surface area contributed by atoms with Crippen LogP contribution in [0.1, 0.15) is 34.1 Å². The normalized spacial score (nSPS) is 10.8. The zero-order valence-electron chi connectivity index (χ0n) is 10.8. The summed E-state index contributed by atoms with van der Waals surface area (Å²) in [6, 6.07) is 0. The highest BCUT2D eigenvalue weighted by Gasteiger charge is 2.15. The Balaban J connectivity index is 3.74. The predicted molar refractivity (Wildman–Crippen MR) is 62.2 cm³/mol. The lowest BCUT2D eigenvalue weighted by atomic mass is 10.2. The summed E-state index contributed by atoms with van der Waals surface area (Å²) in [5, 5.41) is 2.59. The zero-order chi connectivity index (χ0) is 12.8. The number of ether oxygens (including phenoxy) is 1. The minimum Gasteiger partial charge on any atom is -0.444 e. The molecule has 0 aromatic rings. The van der Waals surface area contributed by atoms with E-state index in [0.717, 1.165) is 0 Å². The van der Waals surface area contributed by atoms with E-state index < -0.39 is 11.7 Å². The molecule has 16 heavy (non-hydrogen) atoms. The lowest BCUT2D eigenvalue weighted by Gasteiger charge is -2.21. The summed E-state index contributed by atoms with van der Waals surface area (Å²) in [6.07, 6.45) is 0.0213. The Morgan fingerprint density at radius 1 is 1.31 bits per heavy atom. The van der Waals surface area contributed by atoms with Crippen LogP contribution in [-0.2, 0) is 9.53 Å². The molecule has 5 nitrogen and oxygen atoms in total. The fourth-order valence-corrected chi connectivity index (χ4v) is 1.03. The van der Waals surface area contributed by atoms with Crippen LogP contribution in [0.2, 0.25) is 0 Å². The Hall–Kier alpha value is -1.26. The van der Waals surface area contributed by atoms with Crippen LogP contribution in [0, 0.1) is 0 Å². The smallest absolute Gasteiger partial charge is 0.407 e. The van der Waals surface area contributed by atoms with Gasteiger partial charge in [0.25, 0.3) is 0 Å². The molecule has 0 aromatic heterocycles. The van der Waals surface area contributed by atoms with Crippen molar-refractivity contribution in [2.75, 3.05) is 20.1 Å². The molecule has 0 aliphatic carbocycles. The molecule has 94 valence electrons. The van der Waals surface area contributed by atoms with Gasteiger partial charge in [-0.3, -0.25) is 4.79 Å². The quantitative estimate of drug-likeness (QED) is 0.793. The second-order valence-corrected chi connectivity index (χ2v) is 4.60. The number of carbonyl (C=O) groups excluding carboxylic acids is 2. The maximum Gasteiger partial charge on any atom is 0.407 e. The average Bonchev–Trinajstić information content (AvgIpc) is 2.13. The zero-order valence-corrected chi connectivity index (χ0v) is 10.8. The van der Waals surface area contributed by atoms with Crippen molar-refractivity contribution in [1.82, 2.24) is 10.2 Å². The van der Waals surface area contributed by atoms with Gasteiger partial charge in [-0.05, 0) is 20.8 Å². The summed E-state index contributed by atoms with van der Waals surface area (Å²) in [7, 11) is 1.71. The summed E-state index contributed by atoms with van der Waals surface area (Å²) in [5.74, 6) is 0.0611. The van der Waals surface area contributed by atoms with Gasteiger partial charge in [-0.25, -0.2) is 4.79 Å². The third-order valence-corrected chi connectivity index (χ3v) is 1.84. The summed E-state index contributed by atoms with van der Waals surface area (Å²) < 4.78 is 5.05. The first kappa shape index (κ1) is 14.7. The number of hydrogen-bond donors (Lipinski definition) is 1. The minimum atomic E-state index is -0.491. The second-order valence-electron chi connectivity index (χ2n) is 4.60. The maximum absolute atomic E-state index is 11.2. The van der Waals surface area contributed by atoms with Crippen LogP contribution in [0.3, 0.4) is 0 Å². The third kappa shape index (κ3) is 7.09. The van der Waals surface area contributed by atoms with Gasteiger partial charge in [-0.15, -0.1) is 0 Å². The molecule has 2 amide bonds. The Morgan fingerprint density at radius 2 is 1.88 bits per heavy atom. The van der Waals surface area contributed by atoms with Crippen LogP contribution >= 0.6 is 0 Å². The third-order valence-electron chi connectivity index (χ3n) is 1.84. The molecule has 0 atom stereocenters. The van der Waals surface area contributed by atoms with E-state index in [1.54, 1.807) is 39.6 Å². The highest BCUT2D eigenvalue weighted by atomic mass is 16.6. The largest absolute Gasteiger partial charge is 0.444 e. The number of alkyl carbamates (subject to hydrolysis) is 1. The van der Waals surface area contributed by atoms with Crippen LogP contribution in [0.5, 0.6) is 0 Å². The van der Waals surface area contributed by atoms with Crippen molar-refractivity contribution in [3.8, 4) is 0 Å². The highest BCUT2D eigenvalue weighted by Crippen LogP contribution is 2.06. The molecule has 0 aliphatic heterocycles. The molecule has 0 radical (unpaired) electrons. The summed E-state index contributed by atoms with van der Waals surface area (Å²) in [5.41, 5.74) is -0.491. The average molecular weight is 230 g/mol. The number of rotatable bonds is 4. The van der Waals surface area contributed by atoms with Gasteiger partial charge in [-0.1, -0.05) is 6.92 Å². The van der Waals surface area contributed by atoms with Gasteiger partial charge in [0.2, 0.25) is 5.91 Å². The Labute approximate surface area is 97.1 Å². The lowest BCUT2D eigenvalue weighted by Crippen LogP contribution is -2.38. The van der Waals surface area contributed by atoms with Gasteiger partial charge in [0.05, 0.1) is 0 Å². The van der Waals surface area contributed by atoms with Gasteiger partial charge in [0.15, 0.2) is 0 Å². The molecule has 0 saturated heterocycles. The van der Waals surface area contributed by atoms with Crippen LogP contribution in [-0.4, -0.2) is 42.6 Å². The Bertz CT molecular complexity index is 246. The minimum absolute atomic E-state index is 0.0611. The van der Waals surface area contributed by atoms with E-state index in [0.29, 0.717) is 19.5 Å². The number of carbonyl (C=O) groups is 2. The monoisotopic (exact) mass is 230 g/mol. The topological polar surface area (TPSA) is 58.6 Å². The molecule has 1 N–H and O–H groups in total. The molecule has 0 aromatic carbocycles. The number of likely N-dealkylation sites (N-methyl/N-ethyl adjacent to an activating group) is 1. The van der Waals surface area contributed by atoms with Gasteiger partial charge < -0.3 is 15.0 Å². The van der Waals surface area contributed by atoms with Crippen LogP contribution in [0.25, 0.3) is 0 Å². The van der Waals surface area contributed by atoms with Gasteiger partial charge in [0, 0.05) is 26.6 Å². The van der Waals surface area contributed by atoms with Crippen molar-refractivity contribution in [3.05, 3.63) is 0 Å².